The molecule has 0 radical (unpaired) electrons. The van der Waals surface area contributed by atoms with Gasteiger partial charge >= 0.3 is 6.03 Å². The Morgan fingerprint density at radius 3 is 3.00 bits per heavy atom. The Balaban J connectivity index is 1.78. The molecule has 2 N–H and O–H groups in total. The number of aryl methyl sites for hydroxylation is 1. The Morgan fingerprint density at radius 2 is 2.26 bits per heavy atom. The highest BCUT2D eigenvalue weighted by atomic mass is 32.1. The van der Waals surface area contributed by atoms with Crippen molar-refractivity contribution in [3.8, 4) is 0 Å². The fourth-order valence-electron chi connectivity index (χ4n) is 1.78. The van der Waals surface area contributed by atoms with Crippen molar-refractivity contribution in [2.75, 3.05) is 27.2 Å². The normalized spacial score (nSPS) is 10.9. The van der Waals surface area contributed by atoms with E-state index in [1.54, 1.807) is 25.4 Å². The molecule has 0 spiro atoms. The number of hydrogen-bond donors (Lipinski definition) is 2. The van der Waals surface area contributed by atoms with Gasteiger partial charge in [0.05, 0.1) is 11.4 Å². The lowest BCUT2D eigenvalue weighted by atomic mass is 10.3. The van der Waals surface area contributed by atoms with Crippen LogP contribution in [-0.4, -0.2) is 47.5 Å². The number of rotatable bonds is 5. The molecule has 0 aromatic carbocycles. The number of imidazole rings is 1. The third-order valence-corrected chi connectivity index (χ3v) is 3.59. The zero-order valence-electron chi connectivity index (χ0n) is 11.4. The third-order valence-electron chi connectivity index (χ3n) is 2.84. The summed E-state index contributed by atoms with van der Waals surface area (Å²) in [5.41, 5.74) is 2.23. The van der Waals surface area contributed by atoms with Crippen LogP contribution in [0.25, 0.3) is 4.96 Å². The third kappa shape index (κ3) is 3.24. The molecule has 2 rings (SSSR count). The molecule has 2 heterocycles. The summed E-state index contributed by atoms with van der Waals surface area (Å²) in [6, 6.07) is -0.0671. The molecule has 0 saturated heterocycles. The summed E-state index contributed by atoms with van der Waals surface area (Å²) >= 11 is 1.63. The Hall–Kier alpha value is -1.60. The first-order valence-electron chi connectivity index (χ1n) is 6.16. The molecule has 0 unspecified atom stereocenters. The van der Waals surface area contributed by atoms with E-state index in [9.17, 15) is 4.79 Å². The molecule has 0 aliphatic heterocycles. The van der Waals surface area contributed by atoms with Crippen LogP contribution in [0.15, 0.2) is 11.6 Å². The smallest absolute Gasteiger partial charge is 0.316 e. The lowest BCUT2D eigenvalue weighted by Gasteiger charge is -2.12. The molecule has 0 fully saturated rings. The van der Waals surface area contributed by atoms with E-state index in [0.29, 0.717) is 6.54 Å². The molecular weight excluding hydrogens is 262 g/mol. The van der Waals surface area contributed by atoms with Crippen molar-refractivity contribution in [1.82, 2.24) is 24.9 Å². The molecule has 104 valence electrons. The average molecular weight is 281 g/mol. The first kappa shape index (κ1) is 13.8. The molecule has 0 bridgehead atoms. The molecule has 2 aromatic rings. The number of aromatic nitrogens is 2. The van der Waals surface area contributed by atoms with Crippen LogP contribution < -0.4 is 10.6 Å². The first-order valence-corrected chi connectivity index (χ1v) is 7.04. The van der Waals surface area contributed by atoms with Gasteiger partial charge in [0.25, 0.3) is 0 Å². The van der Waals surface area contributed by atoms with E-state index < -0.39 is 0 Å². The molecule has 2 aromatic heterocycles. The predicted octanol–water partition coefficient (Wildman–Crippen LogP) is 1.07. The highest BCUT2D eigenvalue weighted by Crippen LogP contribution is 2.16. The van der Waals surface area contributed by atoms with Crippen LogP contribution in [0.1, 0.15) is 11.4 Å². The second-order valence-corrected chi connectivity index (χ2v) is 5.38. The lowest BCUT2D eigenvalue weighted by molar-refractivity contribution is 0.217. The van der Waals surface area contributed by atoms with Gasteiger partial charge < -0.3 is 15.5 Å². The van der Waals surface area contributed by atoms with E-state index in [0.717, 1.165) is 23.7 Å². The maximum Gasteiger partial charge on any atom is 0.316 e. The second kappa shape index (κ2) is 6.03. The summed E-state index contributed by atoms with van der Waals surface area (Å²) < 4.78 is 2.10. The van der Waals surface area contributed by atoms with E-state index >= 15 is 0 Å². The predicted molar refractivity (Wildman–Crippen MR) is 76.6 cm³/mol. The maximum absolute atomic E-state index is 11.3. The van der Waals surface area contributed by atoms with Crippen LogP contribution in [-0.2, 0) is 6.54 Å². The molecule has 0 atom stereocenters. The van der Waals surface area contributed by atoms with Crippen molar-refractivity contribution in [2.45, 2.75) is 13.5 Å². The Labute approximate surface area is 116 Å². The number of amides is 2. The zero-order chi connectivity index (χ0) is 13.8. The zero-order valence-corrected chi connectivity index (χ0v) is 12.3. The van der Waals surface area contributed by atoms with Gasteiger partial charge in [-0.25, -0.2) is 9.78 Å². The molecule has 2 amide bonds. The SMILES string of the molecule is Cc1nc2sccn2c1CNCCNC(=O)N(C)C. The summed E-state index contributed by atoms with van der Waals surface area (Å²) in [5.74, 6) is 0. The van der Waals surface area contributed by atoms with Crippen molar-refractivity contribution < 1.29 is 4.79 Å². The quantitative estimate of drug-likeness (QED) is 0.806. The van der Waals surface area contributed by atoms with E-state index in [1.165, 1.54) is 10.6 Å². The summed E-state index contributed by atoms with van der Waals surface area (Å²) in [6.07, 6.45) is 2.03. The van der Waals surface area contributed by atoms with Gasteiger partial charge in [0.15, 0.2) is 4.96 Å². The summed E-state index contributed by atoms with van der Waals surface area (Å²) in [7, 11) is 3.46. The van der Waals surface area contributed by atoms with Gasteiger partial charge in [0, 0.05) is 45.3 Å². The van der Waals surface area contributed by atoms with Crippen LogP contribution in [0.2, 0.25) is 0 Å². The first-order chi connectivity index (χ1) is 9.09. The highest BCUT2D eigenvalue weighted by molar-refractivity contribution is 7.15. The second-order valence-electron chi connectivity index (χ2n) is 4.50. The van der Waals surface area contributed by atoms with Gasteiger partial charge in [-0.15, -0.1) is 11.3 Å². The Kier molecular flexibility index (Phi) is 4.39. The largest absolute Gasteiger partial charge is 0.337 e. The van der Waals surface area contributed by atoms with Crippen LogP contribution >= 0.6 is 11.3 Å². The van der Waals surface area contributed by atoms with Crippen LogP contribution in [0.5, 0.6) is 0 Å². The molecule has 19 heavy (non-hydrogen) atoms. The maximum atomic E-state index is 11.3. The van der Waals surface area contributed by atoms with E-state index in [4.69, 9.17) is 0 Å². The fourth-order valence-corrected chi connectivity index (χ4v) is 2.55. The van der Waals surface area contributed by atoms with E-state index in [2.05, 4.69) is 20.0 Å². The number of urea groups is 1. The van der Waals surface area contributed by atoms with Crippen molar-refractivity contribution in [3.63, 3.8) is 0 Å². The summed E-state index contributed by atoms with van der Waals surface area (Å²) in [5, 5.41) is 8.16. The molecule has 6 nitrogen and oxygen atoms in total. The van der Waals surface area contributed by atoms with Crippen molar-refractivity contribution in [2.24, 2.45) is 0 Å². The number of thiazole rings is 1. The Morgan fingerprint density at radius 1 is 1.47 bits per heavy atom. The number of hydrogen-bond acceptors (Lipinski definition) is 4. The fraction of sp³-hybridized carbons (Fsp3) is 0.500. The van der Waals surface area contributed by atoms with Crippen LogP contribution in [0.3, 0.4) is 0 Å². The summed E-state index contributed by atoms with van der Waals surface area (Å²) in [4.78, 5) is 18.3. The minimum Gasteiger partial charge on any atom is -0.337 e. The number of fused-ring (bicyclic) bond motifs is 1. The van der Waals surface area contributed by atoms with Gasteiger partial charge in [0.1, 0.15) is 0 Å². The van der Waals surface area contributed by atoms with E-state index in [1.807, 2.05) is 18.5 Å². The van der Waals surface area contributed by atoms with Crippen LogP contribution in [0, 0.1) is 6.92 Å². The van der Waals surface area contributed by atoms with E-state index in [-0.39, 0.29) is 6.03 Å². The van der Waals surface area contributed by atoms with Gasteiger partial charge in [-0.1, -0.05) is 0 Å². The monoisotopic (exact) mass is 281 g/mol. The van der Waals surface area contributed by atoms with Gasteiger partial charge in [0.2, 0.25) is 0 Å². The highest BCUT2D eigenvalue weighted by Gasteiger charge is 2.08. The number of carbonyl (C=O) groups excluding carboxylic acids is 1. The number of carbonyl (C=O) groups is 1. The van der Waals surface area contributed by atoms with Crippen molar-refractivity contribution in [1.29, 1.82) is 0 Å². The van der Waals surface area contributed by atoms with Gasteiger partial charge in [-0.3, -0.25) is 4.40 Å². The molecule has 7 heteroatoms. The Bertz CT molecular complexity index is 559. The average Bonchev–Trinajstić information content (AvgIpc) is 2.90. The molecule has 0 saturated carbocycles. The summed E-state index contributed by atoms with van der Waals surface area (Å²) in [6.45, 7) is 4.12. The number of nitrogens with zero attached hydrogens (tertiary/aromatic N) is 3. The van der Waals surface area contributed by atoms with Crippen molar-refractivity contribution in [3.05, 3.63) is 23.0 Å². The van der Waals surface area contributed by atoms with Gasteiger partial charge in [-0.2, -0.15) is 0 Å². The van der Waals surface area contributed by atoms with Gasteiger partial charge in [-0.05, 0) is 6.92 Å². The number of nitrogens with one attached hydrogen (secondary N) is 2. The minimum atomic E-state index is -0.0671. The molecule has 0 aliphatic rings. The minimum absolute atomic E-state index is 0.0671. The molecule has 0 aliphatic carbocycles. The molecular formula is C12H19N5OS. The topological polar surface area (TPSA) is 61.7 Å². The lowest BCUT2D eigenvalue weighted by Crippen LogP contribution is -2.38. The van der Waals surface area contributed by atoms with Crippen LogP contribution in [0.4, 0.5) is 4.79 Å². The van der Waals surface area contributed by atoms with Crippen molar-refractivity contribution >= 4 is 22.3 Å². The standard InChI is InChI=1S/C12H19N5OS/c1-9-10(17-6-7-19-12(17)15-9)8-13-4-5-14-11(18)16(2)3/h6-7,13H,4-5,8H2,1-3H3,(H,14,18).